The van der Waals surface area contributed by atoms with Gasteiger partial charge in [-0.25, -0.2) is 0 Å². The largest absolute Gasteiger partial charge is 0.383 e. The van der Waals surface area contributed by atoms with Gasteiger partial charge < -0.3 is 15.0 Å². The van der Waals surface area contributed by atoms with Crippen molar-refractivity contribution < 1.29 is 4.74 Å². The summed E-state index contributed by atoms with van der Waals surface area (Å²) >= 11 is 6.18. The number of methoxy groups -OCH3 is 1. The van der Waals surface area contributed by atoms with Gasteiger partial charge in [0.25, 0.3) is 0 Å². The highest BCUT2D eigenvalue weighted by molar-refractivity contribution is 6.33. The molecule has 5 heteroatoms. The summed E-state index contributed by atoms with van der Waals surface area (Å²) in [5.74, 6) is 0.758. The van der Waals surface area contributed by atoms with Crippen molar-refractivity contribution in [2.24, 2.45) is 5.92 Å². The third kappa shape index (κ3) is 4.34. The molecule has 0 atom stereocenters. The van der Waals surface area contributed by atoms with E-state index in [1.54, 1.807) is 19.5 Å². The van der Waals surface area contributed by atoms with Gasteiger partial charge in [0.1, 0.15) is 0 Å². The first-order chi connectivity index (χ1) is 9.31. The molecular weight excluding hydrogens is 262 g/mol. The summed E-state index contributed by atoms with van der Waals surface area (Å²) in [6.45, 7) is 4.94. The van der Waals surface area contributed by atoms with Crippen LogP contribution in [0.1, 0.15) is 12.8 Å². The van der Waals surface area contributed by atoms with Crippen LogP contribution in [0.25, 0.3) is 0 Å². The number of nitrogens with one attached hydrogen (secondary N) is 1. The summed E-state index contributed by atoms with van der Waals surface area (Å²) in [5.41, 5.74) is 1.11. The van der Waals surface area contributed by atoms with Crippen LogP contribution in [0.5, 0.6) is 0 Å². The molecule has 106 valence electrons. The predicted molar refractivity (Wildman–Crippen MR) is 78.9 cm³/mol. The van der Waals surface area contributed by atoms with Gasteiger partial charge in [0.05, 0.1) is 17.3 Å². The van der Waals surface area contributed by atoms with E-state index in [1.165, 1.54) is 12.8 Å². The number of hydrogen-bond donors (Lipinski definition) is 1. The van der Waals surface area contributed by atoms with Crippen LogP contribution in [0.4, 0.5) is 5.69 Å². The van der Waals surface area contributed by atoms with Gasteiger partial charge in [-0.3, -0.25) is 4.98 Å². The van der Waals surface area contributed by atoms with Crippen molar-refractivity contribution >= 4 is 17.3 Å². The lowest BCUT2D eigenvalue weighted by Crippen LogP contribution is -2.38. The second-order valence-electron chi connectivity index (χ2n) is 4.95. The zero-order valence-corrected chi connectivity index (χ0v) is 12.2. The summed E-state index contributed by atoms with van der Waals surface area (Å²) in [7, 11) is 1.73. The Labute approximate surface area is 120 Å². The molecule has 2 rings (SSSR count). The summed E-state index contributed by atoms with van der Waals surface area (Å²) in [5, 5.41) is 4.19. The van der Waals surface area contributed by atoms with Crippen LogP contribution in [0.15, 0.2) is 18.5 Å². The minimum atomic E-state index is 0.749. The Balaban J connectivity index is 1.75. The number of rotatable bonds is 6. The van der Waals surface area contributed by atoms with Crippen molar-refractivity contribution in [3.8, 4) is 0 Å². The van der Waals surface area contributed by atoms with Crippen molar-refractivity contribution in [2.75, 3.05) is 44.8 Å². The van der Waals surface area contributed by atoms with E-state index in [-0.39, 0.29) is 0 Å². The van der Waals surface area contributed by atoms with Crippen molar-refractivity contribution in [1.29, 1.82) is 0 Å². The Morgan fingerprint density at radius 1 is 1.47 bits per heavy atom. The Hall–Kier alpha value is -0.840. The molecule has 1 aromatic heterocycles. The zero-order valence-electron chi connectivity index (χ0n) is 11.4. The monoisotopic (exact) mass is 283 g/mol. The molecule has 4 nitrogen and oxygen atoms in total. The van der Waals surface area contributed by atoms with Crippen molar-refractivity contribution in [3.63, 3.8) is 0 Å². The lowest BCUT2D eigenvalue weighted by atomic mass is 9.96. The van der Waals surface area contributed by atoms with Gasteiger partial charge in [0.15, 0.2) is 0 Å². The smallest absolute Gasteiger partial charge is 0.0822 e. The van der Waals surface area contributed by atoms with Crippen LogP contribution in [-0.2, 0) is 4.74 Å². The number of ether oxygens (including phenoxy) is 1. The first-order valence-corrected chi connectivity index (χ1v) is 7.23. The highest BCUT2D eigenvalue weighted by atomic mass is 35.5. The molecule has 0 radical (unpaired) electrons. The average molecular weight is 284 g/mol. The maximum Gasteiger partial charge on any atom is 0.0822 e. The maximum atomic E-state index is 6.18. The summed E-state index contributed by atoms with van der Waals surface area (Å²) in [4.78, 5) is 6.39. The zero-order chi connectivity index (χ0) is 13.5. The molecule has 0 aromatic carbocycles. The molecule has 1 N–H and O–H groups in total. The van der Waals surface area contributed by atoms with Crippen molar-refractivity contribution in [3.05, 3.63) is 23.5 Å². The molecule has 0 aliphatic carbocycles. The number of pyridine rings is 1. The van der Waals surface area contributed by atoms with E-state index in [1.807, 2.05) is 6.07 Å². The molecule has 0 saturated carbocycles. The molecule has 1 fully saturated rings. The second kappa shape index (κ2) is 7.68. The molecule has 0 spiro atoms. The number of hydrogen-bond acceptors (Lipinski definition) is 4. The van der Waals surface area contributed by atoms with E-state index in [0.29, 0.717) is 0 Å². The third-order valence-corrected chi connectivity index (χ3v) is 3.91. The quantitative estimate of drug-likeness (QED) is 0.812. The normalized spacial score (nSPS) is 16.8. The molecule has 1 aliphatic heterocycles. The predicted octanol–water partition coefficient (Wildman–Crippen LogP) is 2.19. The highest BCUT2D eigenvalue weighted by Crippen LogP contribution is 2.28. The van der Waals surface area contributed by atoms with Crippen LogP contribution in [0, 0.1) is 5.92 Å². The number of halogens is 1. The van der Waals surface area contributed by atoms with E-state index in [0.717, 1.165) is 49.4 Å². The SMILES string of the molecule is COCCNCC1CCN(c2ccncc2Cl)CC1. The fourth-order valence-electron chi connectivity index (χ4n) is 2.48. The van der Waals surface area contributed by atoms with Gasteiger partial charge in [0.2, 0.25) is 0 Å². The van der Waals surface area contributed by atoms with Gasteiger partial charge in [-0.1, -0.05) is 11.6 Å². The van der Waals surface area contributed by atoms with Gasteiger partial charge in [-0.15, -0.1) is 0 Å². The Morgan fingerprint density at radius 3 is 2.95 bits per heavy atom. The van der Waals surface area contributed by atoms with E-state index >= 15 is 0 Å². The van der Waals surface area contributed by atoms with Gasteiger partial charge in [-0.2, -0.15) is 0 Å². The molecule has 0 amide bonds. The van der Waals surface area contributed by atoms with E-state index in [9.17, 15) is 0 Å². The highest BCUT2D eigenvalue weighted by Gasteiger charge is 2.20. The van der Waals surface area contributed by atoms with E-state index in [4.69, 9.17) is 16.3 Å². The molecule has 1 saturated heterocycles. The molecule has 19 heavy (non-hydrogen) atoms. The van der Waals surface area contributed by atoms with Crippen molar-refractivity contribution in [1.82, 2.24) is 10.3 Å². The van der Waals surface area contributed by atoms with Crippen LogP contribution in [0.3, 0.4) is 0 Å². The van der Waals surface area contributed by atoms with E-state index in [2.05, 4.69) is 15.2 Å². The molecule has 1 aromatic rings. The van der Waals surface area contributed by atoms with E-state index < -0.39 is 0 Å². The fraction of sp³-hybridized carbons (Fsp3) is 0.643. The Kier molecular flexibility index (Phi) is 5.89. The van der Waals surface area contributed by atoms with Crippen LogP contribution < -0.4 is 10.2 Å². The Morgan fingerprint density at radius 2 is 2.26 bits per heavy atom. The second-order valence-corrected chi connectivity index (χ2v) is 5.36. The summed E-state index contributed by atoms with van der Waals surface area (Å²) in [6, 6.07) is 2.00. The standard InChI is InChI=1S/C14H22ClN3O/c1-19-9-6-17-10-12-3-7-18(8-4-12)14-2-5-16-11-13(14)15/h2,5,11-12,17H,3-4,6-10H2,1H3. The molecule has 2 heterocycles. The topological polar surface area (TPSA) is 37.4 Å². The lowest BCUT2D eigenvalue weighted by molar-refractivity contribution is 0.197. The average Bonchev–Trinajstić information content (AvgIpc) is 2.45. The lowest BCUT2D eigenvalue weighted by Gasteiger charge is -2.34. The minimum absolute atomic E-state index is 0.749. The fourth-order valence-corrected chi connectivity index (χ4v) is 2.72. The number of piperidine rings is 1. The number of nitrogens with zero attached hydrogens (tertiary/aromatic N) is 2. The van der Waals surface area contributed by atoms with Gasteiger partial charge in [0, 0.05) is 39.1 Å². The van der Waals surface area contributed by atoms with Crippen LogP contribution >= 0.6 is 11.6 Å². The first kappa shape index (κ1) is 14.6. The molecule has 1 aliphatic rings. The van der Waals surface area contributed by atoms with Crippen LogP contribution in [-0.4, -0.2) is 44.9 Å². The maximum absolute atomic E-state index is 6.18. The van der Waals surface area contributed by atoms with Crippen LogP contribution in [0.2, 0.25) is 5.02 Å². The molecule has 0 unspecified atom stereocenters. The third-order valence-electron chi connectivity index (χ3n) is 3.62. The minimum Gasteiger partial charge on any atom is -0.383 e. The van der Waals surface area contributed by atoms with Gasteiger partial charge in [-0.05, 0) is 31.4 Å². The first-order valence-electron chi connectivity index (χ1n) is 6.85. The summed E-state index contributed by atoms with van der Waals surface area (Å²) in [6.07, 6.45) is 5.94. The molecule has 0 bridgehead atoms. The summed E-state index contributed by atoms with van der Waals surface area (Å²) < 4.78 is 5.03. The Bertz CT molecular complexity index is 381. The van der Waals surface area contributed by atoms with Crippen molar-refractivity contribution in [2.45, 2.75) is 12.8 Å². The molecular formula is C14H22ClN3O. The number of anilines is 1. The number of aromatic nitrogens is 1. The van der Waals surface area contributed by atoms with Gasteiger partial charge >= 0.3 is 0 Å².